The van der Waals surface area contributed by atoms with E-state index in [1.165, 1.54) is 11.1 Å². The van der Waals surface area contributed by atoms with Gasteiger partial charge in [-0.3, -0.25) is 10.1 Å². The molecule has 0 saturated carbocycles. The Labute approximate surface area is 132 Å². The molecular weight excluding hydrogens is 278 g/mol. The highest BCUT2D eigenvalue weighted by Crippen LogP contribution is 2.33. The van der Waals surface area contributed by atoms with Crippen molar-refractivity contribution in [2.24, 2.45) is 0 Å². The lowest BCUT2D eigenvalue weighted by Crippen LogP contribution is -2.31. The van der Waals surface area contributed by atoms with E-state index in [0.29, 0.717) is 32.6 Å². The zero-order valence-electron chi connectivity index (χ0n) is 13.0. The van der Waals surface area contributed by atoms with Crippen LogP contribution in [-0.4, -0.2) is 31.8 Å². The number of nitrogens with one attached hydrogen (secondary N) is 1. The summed E-state index contributed by atoms with van der Waals surface area (Å²) >= 11 is 0. The smallest absolute Gasteiger partial charge is 0.305 e. The van der Waals surface area contributed by atoms with Crippen LogP contribution in [-0.2, 0) is 20.7 Å². The Morgan fingerprint density at radius 1 is 1.45 bits per heavy atom. The summed E-state index contributed by atoms with van der Waals surface area (Å²) in [7, 11) is 0. The molecule has 0 spiro atoms. The van der Waals surface area contributed by atoms with Gasteiger partial charge in [0.15, 0.2) is 0 Å². The van der Waals surface area contributed by atoms with Crippen molar-refractivity contribution < 1.29 is 14.3 Å². The minimum atomic E-state index is -0.164. The quantitative estimate of drug-likeness (QED) is 0.454. The third-order valence-corrected chi connectivity index (χ3v) is 3.77. The van der Waals surface area contributed by atoms with Gasteiger partial charge in [0.2, 0.25) is 0 Å². The van der Waals surface area contributed by atoms with E-state index in [9.17, 15) is 4.79 Å². The summed E-state index contributed by atoms with van der Waals surface area (Å²) in [6, 6.07) is 8.44. The lowest BCUT2D eigenvalue weighted by Gasteiger charge is -2.21. The first-order valence-corrected chi connectivity index (χ1v) is 7.78. The predicted molar refractivity (Wildman–Crippen MR) is 85.3 cm³/mol. The average Bonchev–Trinajstić information content (AvgIpc) is 2.87. The first-order chi connectivity index (χ1) is 10.8. The van der Waals surface area contributed by atoms with Crippen molar-refractivity contribution in [2.45, 2.75) is 38.3 Å². The Morgan fingerprint density at radius 2 is 2.27 bits per heavy atom. The Hall–Kier alpha value is -1.83. The maximum Gasteiger partial charge on any atom is 0.305 e. The molecule has 2 rings (SSSR count). The standard InChI is InChI=1S/C18H23NO3/c1-3-11-19-18-15-9-6-5-8-14(15)13-16(18)22-12-7-10-17(20)21-4-2/h1,5-6,8-9,16,18-19H,4,7,10-13H2,2H3/t16-,18+/m1/s1. The molecule has 0 saturated heterocycles. The number of hydrogen-bond donors (Lipinski definition) is 1. The third kappa shape index (κ3) is 4.33. The molecule has 0 radical (unpaired) electrons. The second-order valence-electron chi connectivity index (χ2n) is 5.28. The van der Waals surface area contributed by atoms with E-state index in [1.54, 1.807) is 0 Å². The lowest BCUT2D eigenvalue weighted by atomic mass is 10.1. The zero-order chi connectivity index (χ0) is 15.8. The molecule has 4 heteroatoms. The molecule has 0 amide bonds. The van der Waals surface area contributed by atoms with Gasteiger partial charge in [0.25, 0.3) is 0 Å². The second-order valence-corrected chi connectivity index (χ2v) is 5.28. The Balaban J connectivity index is 1.85. The molecule has 1 aromatic rings. The number of carbonyl (C=O) groups excluding carboxylic acids is 1. The van der Waals surface area contributed by atoms with Crippen LogP contribution >= 0.6 is 0 Å². The summed E-state index contributed by atoms with van der Waals surface area (Å²) in [4.78, 5) is 11.3. The maximum atomic E-state index is 11.3. The summed E-state index contributed by atoms with van der Waals surface area (Å²) in [6.45, 7) is 3.30. The SMILES string of the molecule is C#CCN[C@H]1c2ccccc2C[C@H]1OCCCC(=O)OCC. The van der Waals surface area contributed by atoms with Gasteiger partial charge in [-0.2, -0.15) is 0 Å². The van der Waals surface area contributed by atoms with Crippen LogP contribution in [0.1, 0.15) is 36.9 Å². The van der Waals surface area contributed by atoms with Gasteiger partial charge in [0, 0.05) is 19.4 Å². The summed E-state index contributed by atoms with van der Waals surface area (Å²) in [6.07, 6.45) is 7.36. The number of fused-ring (bicyclic) bond motifs is 1. The molecule has 4 nitrogen and oxygen atoms in total. The molecule has 1 aliphatic carbocycles. The fourth-order valence-electron chi connectivity index (χ4n) is 2.81. The third-order valence-electron chi connectivity index (χ3n) is 3.77. The molecule has 0 bridgehead atoms. The van der Waals surface area contributed by atoms with Crippen molar-refractivity contribution in [3.63, 3.8) is 0 Å². The highest BCUT2D eigenvalue weighted by molar-refractivity contribution is 5.69. The molecule has 22 heavy (non-hydrogen) atoms. The number of benzene rings is 1. The van der Waals surface area contributed by atoms with Crippen molar-refractivity contribution >= 4 is 5.97 Å². The van der Waals surface area contributed by atoms with Crippen LogP contribution in [0.25, 0.3) is 0 Å². The first-order valence-electron chi connectivity index (χ1n) is 7.78. The van der Waals surface area contributed by atoms with Gasteiger partial charge in [-0.05, 0) is 24.5 Å². The number of hydrogen-bond acceptors (Lipinski definition) is 4. The minimum absolute atomic E-state index is 0.0629. The molecule has 0 aromatic heterocycles. The zero-order valence-corrected chi connectivity index (χ0v) is 13.0. The number of carbonyl (C=O) groups is 1. The van der Waals surface area contributed by atoms with Crippen molar-refractivity contribution in [3.05, 3.63) is 35.4 Å². The summed E-state index contributed by atoms with van der Waals surface area (Å²) in [5.41, 5.74) is 2.56. The van der Waals surface area contributed by atoms with Gasteiger partial charge in [0.1, 0.15) is 0 Å². The van der Waals surface area contributed by atoms with E-state index < -0.39 is 0 Å². The van der Waals surface area contributed by atoms with Crippen LogP contribution in [0.5, 0.6) is 0 Å². The number of ether oxygens (including phenoxy) is 2. The Kier molecular flexibility index (Phi) is 6.45. The largest absolute Gasteiger partial charge is 0.466 e. The van der Waals surface area contributed by atoms with Crippen molar-refractivity contribution in [3.8, 4) is 12.3 Å². The average molecular weight is 301 g/mol. The van der Waals surface area contributed by atoms with Gasteiger partial charge in [-0.25, -0.2) is 0 Å². The summed E-state index contributed by atoms with van der Waals surface area (Å²) in [5.74, 6) is 2.45. The van der Waals surface area contributed by atoms with Crippen LogP contribution in [0.3, 0.4) is 0 Å². The monoisotopic (exact) mass is 301 g/mol. The van der Waals surface area contributed by atoms with Crippen molar-refractivity contribution in [1.29, 1.82) is 0 Å². The van der Waals surface area contributed by atoms with E-state index >= 15 is 0 Å². The normalized spacial score (nSPS) is 19.5. The van der Waals surface area contributed by atoms with Crippen LogP contribution in [0.4, 0.5) is 0 Å². The first kappa shape index (κ1) is 16.5. The molecule has 2 atom stereocenters. The van der Waals surface area contributed by atoms with E-state index in [2.05, 4.69) is 23.4 Å². The molecule has 0 fully saturated rings. The van der Waals surface area contributed by atoms with Crippen molar-refractivity contribution in [1.82, 2.24) is 5.32 Å². The van der Waals surface area contributed by atoms with Gasteiger partial charge in [0.05, 0.1) is 25.3 Å². The van der Waals surface area contributed by atoms with E-state index in [0.717, 1.165) is 6.42 Å². The number of esters is 1. The molecule has 118 valence electrons. The fraction of sp³-hybridized carbons (Fsp3) is 0.500. The Bertz CT molecular complexity index is 535. The molecule has 0 heterocycles. The number of terminal acetylenes is 1. The highest BCUT2D eigenvalue weighted by Gasteiger charge is 2.32. The van der Waals surface area contributed by atoms with Gasteiger partial charge >= 0.3 is 5.97 Å². The number of rotatable bonds is 8. The topological polar surface area (TPSA) is 47.6 Å². The summed E-state index contributed by atoms with van der Waals surface area (Å²) < 4.78 is 10.9. The van der Waals surface area contributed by atoms with E-state index in [4.69, 9.17) is 15.9 Å². The predicted octanol–water partition coefficient (Wildman–Crippen LogP) is 2.24. The van der Waals surface area contributed by atoms with Gasteiger partial charge in [-0.1, -0.05) is 30.2 Å². The minimum Gasteiger partial charge on any atom is -0.466 e. The lowest BCUT2D eigenvalue weighted by molar-refractivity contribution is -0.143. The molecule has 0 aliphatic heterocycles. The van der Waals surface area contributed by atoms with E-state index in [-0.39, 0.29) is 18.1 Å². The van der Waals surface area contributed by atoms with Crippen molar-refractivity contribution in [2.75, 3.05) is 19.8 Å². The highest BCUT2D eigenvalue weighted by atomic mass is 16.5. The van der Waals surface area contributed by atoms with Crippen LogP contribution in [0, 0.1) is 12.3 Å². The van der Waals surface area contributed by atoms with Gasteiger partial charge < -0.3 is 9.47 Å². The van der Waals surface area contributed by atoms with E-state index in [1.807, 2.05) is 19.1 Å². The molecule has 1 aliphatic rings. The summed E-state index contributed by atoms with van der Waals surface area (Å²) in [5, 5.41) is 3.35. The van der Waals surface area contributed by atoms with Gasteiger partial charge in [-0.15, -0.1) is 6.42 Å². The van der Waals surface area contributed by atoms with Crippen LogP contribution in [0.2, 0.25) is 0 Å². The Morgan fingerprint density at radius 3 is 3.05 bits per heavy atom. The maximum absolute atomic E-state index is 11.3. The molecule has 0 unspecified atom stereocenters. The fourth-order valence-corrected chi connectivity index (χ4v) is 2.81. The molecule has 1 aromatic carbocycles. The second kappa shape index (κ2) is 8.57. The molecular formula is C18H23NO3. The van der Waals surface area contributed by atoms with Crippen LogP contribution < -0.4 is 5.32 Å². The van der Waals surface area contributed by atoms with Crippen LogP contribution in [0.15, 0.2) is 24.3 Å². The molecule has 1 N–H and O–H groups in total.